The Balaban J connectivity index is 1.59. The highest BCUT2D eigenvalue weighted by atomic mass is 32.2. The van der Waals surface area contributed by atoms with Gasteiger partial charge in [-0.05, 0) is 55.3 Å². The number of hydrogen-bond acceptors (Lipinski definition) is 6. The van der Waals surface area contributed by atoms with Crippen LogP contribution in [0.5, 0.6) is 11.5 Å². The Kier molecular flexibility index (Phi) is 7.30. The molecule has 2 heterocycles. The van der Waals surface area contributed by atoms with Gasteiger partial charge in [0.15, 0.2) is 11.0 Å². The van der Waals surface area contributed by atoms with Crippen molar-refractivity contribution in [1.29, 1.82) is 0 Å². The van der Waals surface area contributed by atoms with Crippen molar-refractivity contribution in [3.63, 3.8) is 0 Å². The second kappa shape index (κ2) is 10.4. The number of rotatable bonds is 8. The van der Waals surface area contributed by atoms with Crippen molar-refractivity contribution in [1.82, 2.24) is 19.7 Å². The molecule has 4 rings (SSSR count). The van der Waals surface area contributed by atoms with Crippen molar-refractivity contribution in [3.8, 4) is 17.2 Å². The van der Waals surface area contributed by atoms with Crippen LogP contribution in [0.15, 0.2) is 53.7 Å². The normalized spacial score (nSPS) is 13.8. The summed E-state index contributed by atoms with van der Waals surface area (Å²) < 4.78 is 52.4. The standard InChI is InChI=1S/C23H23F3N4O3S/c1-32-18-7-9-19(10-8-18)33-14-20-27-28-22(34-15-21(31)29-11-2-3-12-29)30(20)17-6-4-5-16(13-17)23(24,25)26/h4-10,13H,2-3,11-12,14-15H2,1H3. The number of carbonyl (C=O) groups is 1. The van der Waals surface area contributed by atoms with Crippen molar-refractivity contribution >= 4 is 17.7 Å². The molecule has 1 aliphatic heterocycles. The molecule has 3 aromatic rings. The number of thioether (sulfide) groups is 1. The number of carbonyl (C=O) groups excluding carboxylic acids is 1. The van der Waals surface area contributed by atoms with Crippen molar-refractivity contribution in [2.24, 2.45) is 0 Å². The number of likely N-dealkylation sites (tertiary alicyclic amines) is 1. The van der Waals surface area contributed by atoms with Crippen molar-refractivity contribution in [2.45, 2.75) is 30.8 Å². The van der Waals surface area contributed by atoms with Crippen LogP contribution in [0.25, 0.3) is 5.69 Å². The zero-order chi connectivity index (χ0) is 24.1. The molecule has 180 valence electrons. The molecule has 1 amide bonds. The van der Waals surface area contributed by atoms with Gasteiger partial charge in [-0.2, -0.15) is 13.2 Å². The summed E-state index contributed by atoms with van der Waals surface area (Å²) in [4.78, 5) is 14.3. The average molecular weight is 493 g/mol. The third-order valence-corrected chi connectivity index (χ3v) is 6.26. The minimum atomic E-state index is -4.50. The molecule has 0 spiro atoms. The third kappa shape index (κ3) is 5.64. The quantitative estimate of drug-likeness (QED) is 0.429. The molecule has 11 heteroatoms. The highest BCUT2D eigenvalue weighted by Gasteiger charge is 2.31. The first kappa shape index (κ1) is 23.9. The average Bonchev–Trinajstić information content (AvgIpc) is 3.51. The van der Waals surface area contributed by atoms with E-state index in [9.17, 15) is 18.0 Å². The van der Waals surface area contributed by atoms with Gasteiger partial charge in [-0.1, -0.05) is 17.8 Å². The molecule has 0 saturated carbocycles. The van der Waals surface area contributed by atoms with E-state index >= 15 is 0 Å². The van der Waals surface area contributed by atoms with Gasteiger partial charge < -0.3 is 14.4 Å². The summed E-state index contributed by atoms with van der Waals surface area (Å²) in [6.45, 7) is 1.41. The number of amides is 1. The molecule has 1 saturated heterocycles. The van der Waals surface area contributed by atoms with Crippen molar-refractivity contribution in [3.05, 3.63) is 59.9 Å². The SMILES string of the molecule is COc1ccc(OCc2nnc(SCC(=O)N3CCCC3)n2-c2cccc(C(F)(F)F)c2)cc1. The lowest BCUT2D eigenvalue weighted by molar-refractivity contribution is -0.137. The predicted molar refractivity (Wildman–Crippen MR) is 120 cm³/mol. The van der Waals surface area contributed by atoms with E-state index in [2.05, 4.69) is 10.2 Å². The van der Waals surface area contributed by atoms with Crippen molar-refractivity contribution < 1.29 is 27.4 Å². The minimum absolute atomic E-state index is 0.0304. The lowest BCUT2D eigenvalue weighted by atomic mass is 10.2. The van der Waals surface area contributed by atoms with Gasteiger partial charge in [0.2, 0.25) is 5.91 Å². The summed E-state index contributed by atoms with van der Waals surface area (Å²) in [5.41, 5.74) is -0.547. The van der Waals surface area contributed by atoms with E-state index in [1.807, 2.05) is 0 Å². The van der Waals surface area contributed by atoms with Gasteiger partial charge in [0.05, 0.1) is 24.1 Å². The lowest BCUT2D eigenvalue weighted by Crippen LogP contribution is -2.29. The molecule has 0 radical (unpaired) electrons. The first-order chi connectivity index (χ1) is 16.3. The number of nitrogens with zero attached hydrogens (tertiary/aromatic N) is 4. The summed E-state index contributed by atoms with van der Waals surface area (Å²) in [5.74, 6) is 1.61. The number of halogens is 3. The fourth-order valence-corrected chi connectivity index (χ4v) is 4.45. The number of methoxy groups -OCH3 is 1. The molecule has 0 unspecified atom stereocenters. The molecule has 0 aliphatic carbocycles. The van der Waals surface area contributed by atoms with Crippen LogP contribution in [-0.2, 0) is 17.6 Å². The van der Waals surface area contributed by atoms with E-state index in [0.29, 0.717) is 22.5 Å². The summed E-state index contributed by atoms with van der Waals surface area (Å²) in [7, 11) is 1.56. The summed E-state index contributed by atoms with van der Waals surface area (Å²) in [6, 6.07) is 11.8. The lowest BCUT2D eigenvalue weighted by Gasteiger charge is -2.16. The highest BCUT2D eigenvalue weighted by molar-refractivity contribution is 7.99. The first-order valence-electron chi connectivity index (χ1n) is 10.6. The largest absolute Gasteiger partial charge is 0.497 e. The van der Waals surface area contributed by atoms with Gasteiger partial charge in [-0.25, -0.2) is 0 Å². The number of hydrogen-bond donors (Lipinski definition) is 0. The Morgan fingerprint density at radius 3 is 2.44 bits per heavy atom. The van der Waals surface area contributed by atoms with Gasteiger partial charge >= 0.3 is 6.18 Å². The van der Waals surface area contributed by atoms with Gasteiger partial charge in [-0.3, -0.25) is 9.36 Å². The van der Waals surface area contributed by atoms with E-state index in [4.69, 9.17) is 9.47 Å². The molecule has 0 bridgehead atoms. The van der Waals surface area contributed by atoms with Crippen LogP contribution in [-0.4, -0.2) is 51.5 Å². The molecule has 7 nitrogen and oxygen atoms in total. The van der Waals surface area contributed by atoms with E-state index in [0.717, 1.165) is 49.8 Å². The van der Waals surface area contributed by atoms with Crippen LogP contribution >= 0.6 is 11.8 Å². The van der Waals surface area contributed by atoms with Gasteiger partial charge in [0.25, 0.3) is 0 Å². The predicted octanol–water partition coefficient (Wildman–Crippen LogP) is 4.59. The number of benzene rings is 2. The zero-order valence-corrected chi connectivity index (χ0v) is 19.2. The van der Waals surface area contributed by atoms with E-state index < -0.39 is 11.7 Å². The van der Waals surface area contributed by atoms with Gasteiger partial charge in [0.1, 0.15) is 18.1 Å². The van der Waals surface area contributed by atoms with Crippen LogP contribution in [0.1, 0.15) is 24.2 Å². The Hall–Kier alpha value is -3.21. The summed E-state index contributed by atoms with van der Waals surface area (Å²) >= 11 is 1.14. The molecule has 1 aromatic heterocycles. The Labute approximate surface area is 198 Å². The van der Waals surface area contributed by atoms with E-state index in [1.165, 1.54) is 10.6 Å². The molecule has 1 aliphatic rings. The fourth-order valence-electron chi connectivity index (χ4n) is 3.57. The second-order valence-corrected chi connectivity index (χ2v) is 8.57. The maximum Gasteiger partial charge on any atom is 0.416 e. The smallest absolute Gasteiger partial charge is 0.416 e. The maximum atomic E-state index is 13.3. The maximum absolute atomic E-state index is 13.3. The van der Waals surface area contributed by atoms with E-state index in [-0.39, 0.29) is 24.0 Å². The second-order valence-electron chi connectivity index (χ2n) is 7.62. The van der Waals surface area contributed by atoms with Crippen LogP contribution in [0.2, 0.25) is 0 Å². The van der Waals surface area contributed by atoms with Crippen LogP contribution in [0.4, 0.5) is 13.2 Å². The molecule has 0 atom stereocenters. The Bertz CT molecular complexity index is 1130. The number of ether oxygens (including phenoxy) is 2. The third-order valence-electron chi connectivity index (χ3n) is 5.34. The molecule has 34 heavy (non-hydrogen) atoms. The first-order valence-corrected chi connectivity index (χ1v) is 11.6. The highest BCUT2D eigenvalue weighted by Crippen LogP contribution is 2.32. The molecular formula is C23H23F3N4O3S. The topological polar surface area (TPSA) is 69.5 Å². The Morgan fingerprint density at radius 1 is 1.06 bits per heavy atom. The van der Waals surface area contributed by atoms with E-state index in [1.54, 1.807) is 42.3 Å². The number of aromatic nitrogens is 3. The van der Waals surface area contributed by atoms with Crippen LogP contribution < -0.4 is 9.47 Å². The Morgan fingerprint density at radius 2 is 1.76 bits per heavy atom. The molecular weight excluding hydrogens is 469 g/mol. The fraction of sp³-hybridized carbons (Fsp3) is 0.348. The summed E-state index contributed by atoms with van der Waals surface area (Å²) in [6.07, 6.45) is -2.55. The molecule has 0 N–H and O–H groups in total. The van der Waals surface area contributed by atoms with Crippen LogP contribution in [0, 0.1) is 0 Å². The summed E-state index contributed by atoms with van der Waals surface area (Å²) in [5, 5.41) is 8.61. The van der Waals surface area contributed by atoms with Crippen molar-refractivity contribution in [2.75, 3.05) is 26.0 Å². The minimum Gasteiger partial charge on any atom is -0.497 e. The van der Waals surface area contributed by atoms with Crippen LogP contribution in [0.3, 0.4) is 0 Å². The van der Waals surface area contributed by atoms with Gasteiger partial charge in [-0.15, -0.1) is 10.2 Å². The zero-order valence-electron chi connectivity index (χ0n) is 18.4. The van der Waals surface area contributed by atoms with Gasteiger partial charge in [0, 0.05) is 13.1 Å². The monoisotopic (exact) mass is 492 g/mol. The number of alkyl halides is 3. The molecule has 1 fully saturated rings. The molecule has 2 aromatic carbocycles.